The van der Waals surface area contributed by atoms with Gasteiger partial charge in [0.05, 0.1) is 6.21 Å². The van der Waals surface area contributed by atoms with E-state index in [9.17, 15) is 4.79 Å². The first-order valence-corrected chi connectivity index (χ1v) is 6.77. The second-order valence-electron chi connectivity index (χ2n) is 4.50. The number of nitrogens with zero attached hydrogens (tertiary/aromatic N) is 1. The zero-order chi connectivity index (χ0) is 14.7. The van der Waals surface area contributed by atoms with Gasteiger partial charge >= 0.3 is 0 Å². The number of nitrogens with one attached hydrogen (secondary N) is 2. The topological polar surface area (TPSA) is 57.2 Å². The Morgan fingerprint density at radius 2 is 2.00 bits per heavy atom. The van der Waals surface area contributed by atoms with Gasteiger partial charge in [0.25, 0.3) is 5.91 Å². The van der Waals surface area contributed by atoms with Crippen molar-refractivity contribution in [3.8, 4) is 0 Å². The molecule has 0 spiro atoms. The average molecular weight is 298 g/mol. The maximum atomic E-state index is 11.8. The van der Waals surface area contributed by atoms with Crippen LogP contribution in [0.4, 0.5) is 0 Å². The molecule has 0 atom stereocenters. The summed E-state index contributed by atoms with van der Waals surface area (Å²) in [6.45, 7) is 0. The van der Waals surface area contributed by atoms with Gasteiger partial charge in [-0.3, -0.25) is 4.79 Å². The Hall–Kier alpha value is -2.59. The third-order valence-electron chi connectivity index (χ3n) is 3.08. The van der Waals surface area contributed by atoms with Crippen molar-refractivity contribution < 1.29 is 4.79 Å². The lowest BCUT2D eigenvalue weighted by molar-refractivity contribution is 0.0955. The summed E-state index contributed by atoms with van der Waals surface area (Å²) < 4.78 is 0. The minimum absolute atomic E-state index is 0.246. The van der Waals surface area contributed by atoms with Crippen molar-refractivity contribution in [3.63, 3.8) is 0 Å². The summed E-state index contributed by atoms with van der Waals surface area (Å²) in [4.78, 5) is 15.0. The maximum Gasteiger partial charge on any atom is 0.271 e. The molecule has 2 aromatic carbocycles. The number of carbonyl (C=O) groups is 1. The van der Waals surface area contributed by atoms with E-state index in [0.717, 1.165) is 16.5 Å². The second-order valence-corrected chi connectivity index (χ2v) is 4.94. The lowest BCUT2D eigenvalue weighted by Gasteiger charge is -1.98. The molecule has 0 radical (unpaired) electrons. The number of rotatable bonds is 3. The third kappa shape index (κ3) is 2.95. The van der Waals surface area contributed by atoms with Crippen LogP contribution in [0.25, 0.3) is 10.9 Å². The number of aromatic nitrogens is 1. The Kier molecular flexibility index (Phi) is 3.71. The minimum Gasteiger partial charge on any atom is -0.361 e. The molecule has 2 N–H and O–H groups in total. The molecule has 5 heteroatoms. The molecule has 0 saturated heterocycles. The van der Waals surface area contributed by atoms with Crippen molar-refractivity contribution >= 4 is 34.6 Å². The van der Waals surface area contributed by atoms with Crippen LogP contribution >= 0.6 is 11.6 Å². The molecule has 4 nitrogen and oxygen atoms in total. The van der Waals surface area contributed by atoms with Crippen molar-refractivity contribution in [3.05, 3.63) is 70.9 Å². The Bertz CT molecular complexity index is 809. The molecule has 104 valence electrons. The van der Waals surface area contributed by atoms with Crippen molar-refractivity contribution in [2.24, 2.45) is 5.10 Å². The van der Waals surface area contributed by atoms with Crippen LogP contribution in [-0.2, 0) is 0 Å². The number of hydrogen-bond donors (Lipinski definition) is 2. The van der Waals surface area contributed by atoms with Crippen LogP contribution in [-0.4, -0.2) is 17.1 Å². The Labute approximate surface area is 126 Å². The summed E-state index contributed by atoms with van der Waals surface area (Å²) in [5, 5.41) is 5.60. The molecule has 1 heterocycles. The first kappa shape index (κ1) is 13.4. The van der Waals surface area contributed by atoms with Crippen molar-refractivity contribution in [2.75, 3.05) is 0 Å². The number of hydrazone groups is 1. The summed E-state index contributed by atoms with van der Waals surface area (Å²) in [6.07, 6.45) is 3.41. The average Bonchev–Trinajstić information content (AvgIpc) is 2.90. The van der Waals surface area contributed by atoms with Gasteiger partial charge in [-0.25, -0.2) is 5.43 Å². The number of fused-ring (bicyclic) bond motifs is 1. The summed E-state index contributed by atoms with van der Waals surface area (Å²) in [5.41, 5.74) is 4.90. The van der Waals surface area contributed by atoms with Gasteiger partial charge in [0.2, 0.25) is 0 Å². The lowest BCUT2D eigenvalue weighted by atomic mass is 10.2. The summed E-state index contributed by atoms with van der Waals surface area (Å²) in [5.74, 6) is -0.246. The minimum atomic E-state index is -0.246. The largest absolute Gasteiger partial charge is 0.361 e. The molecule has 0 unspecified atom stereocenters. The van der Waals surface area contributed by atoms with Crippen LogP contribution in [0.2, 0.25) is 5.02 Å². The number of halogens is 1. The van der Waals surface area contributed by atoms with Gasteiger partial charge < -0.3 is 4.98 Å². The number of benzene rings is 2. The van der Waals surface area contributed by atoms with Crippen molar-refractivity contribution in [1.82, 2.24) is 10.4 Å². The quantitative estimate of drug-likeness (QED) is 0.563. The predicted octanol–water partition coefficient (Wildman–Crippen LogP) is 3.59. The van der Waals surface area contributed by atoms with Gasteiger partial charge in [-0.2, -0.15) is 5.10 Å². The first-order valence-electron chi connectivity index (χ1n) is 6.39. The number of hydrogen-bond acceptors (Lipinski definition) is 2. The van der Waals surface area contributed by atoms with Gasteiger partial charge in [-0.15, -0.1) is 0 Å². The van der Waals surface area contributed by atoms with E-state index in [-0.39, 0.29) is 5.91 Å². The molecule has 0 saturated carbocycles. The van der Waals surface area contributed by atoms with E-state index in [1.54, 1.807) is 30.5 Å². The summed E-state index contributed by atoms with van der Waals surface area (Å²) in [6, 6.07) is 14.5. The molecular weight excluding hydrogens is 286 g/mol. The van der Waals surface area contributed by atoms with E-state index < -0.39 is 0 Å². The number of amides is 1. The monoisotopic (exact) mass is 297 g/mol. The smallest absolute Gasteiger partial charge is 0.271 e. The third-order valence-corrected chi connectivity index (χ3v) is 3.32. The molecule has 1 aromatic heterocycles. The lowest BCUT2D eigenvalue weighted by Crippen LogP contribution is -2.17. The second kappa shape index (κ2) is 5.81. The fourth-order valence-corrected chi connectivity index (χ4v) is 2.21. The fourth-order valence-electron chi connectivity index (χ4n) is 2.04. The van der Waals surface area contributed by atoms with E-state index in [1.165, 1.54) is 0 Å². The molecule has 21 heavy (non-hydrogen) atoms. The molecule has 0 aliphatic rings. The zero-order valence-electron chi connectivity index (χ0n) is 11.0. The van der Waals surface area contributed by atoms with Gasteiger partial charge in [-0.05, 0) is 30.3 Å². The van der Waals surface area contributed by atoms with Gasteiger partial charge in [0.15, 0.2) is 0 Å². The SMILES string of the molecule is O=C(N/N=C/c1c[nH]c2ccc(Cl)cc12)c1ccccc1. The van der Waals surface area contributed by atoms with Crippen LogP contribution in [0.3, 0.4) is 0 Å². The normalized spacial score (nSPS) is 11.1. The van der Waals surface area contributed by atoms with Crippen LogP contribution in [0.5, 0.6) is 0 Å². The number of aromatic amines is 1. The Morgan fingerprint density at radius 1 is 1.19 bits per heavy atom. The Balaban J connectivity index is 1.76. The van der Waals surface area contributed by atoms with E-state index in [1.807, 2.05) is 30.5 Å². The number of H-pyrrole nitrogens is 1. The highest BCUT2D eigenvalue weighted by Gasteiger charge is 2.04. The zero-order valence-corrected chi connectivity index (χ0v) is 11.8. The molecule has 0 bridgehead atoms. The Morgan fingerprint density at radius 3 is 2.81 bits per heavy atom. The van der Waals surface area contributed by atoms with E-state index in [2.05, 4.69) is 15.5 Å². The maximum absolute atomic E-state index is 11.8. The van der Waals surface area contributed by atoms with Crippen LogP contribution in [0.1, 0.15) is 15.9 Å². The molecule has 0 aliphatic heterocycles. The fraction of sp³-hybridized carbons (Fsp3) is 0. The molecule has 0 fully saturated rings. The van der Waals surface area contributed by atoms with Crippen molar-refractivity contribution in [1.29, 1.82) is 0 Å². The molecule has 3 rings (SSSR count). The molecule has 1 amide bonds. The van der Waals surface area contributed by atoms with Crippen LogP contribution < -0.4 is 5.43 Å². The molecule has 0 aliphatic carbocycles. The predicted molar refractivity (Wildman–Crippen MR) is 84.8 cm³/mol. The number of carbonyl (C=O) groups excluding carboxylic acids is 1. The standard InChI is InChI=1S/C16H12ClN3O/c17-13-6-7-15-14(8-13)12(9-18-15)10-19-20-16(21)11-4-2-1-3-5-11/h1-10,18H,(H,20,21)/b19-10+. The van der Waals surface area contributed by atoms with Crippen LogP contribution in [0, 0.1) is 0 Å². The highest BCUT2D eigenvalue weighted by molar-refractivity contribution is 6.31. The van der Waals surface area contributed by atoms with Gasteiger partial charge in [-0.1, -0.05) is 29.8 Å². The summed E-state index contributed by atoms with van der Waals surface area (Å²) >= 11 is 5.98. The van der Waals surface area contributed by atoms with Gasteiger partial charge in [0, 0.05) is 33.2 Å². The highest BCUT2D eigenvalue weighted by Crippen LogP contribution is 2.21. The molecular formula is C16H12ClN3O. The van der Waals surface area contributed by atoms with E-state index >= 15 is 0 Å². The van der Waals surface area contributed by atoms with Gasteiger partial charge in [0.1, 0.15) is 0 Å². The van der Waals surface area contributed by atoms with E-state index in [0.29, 0.717) is 10.6 Å². The summed E-state index contributed by atoms with van der Waals surface area (Å²) in [7, 11) is 0. The van der Waals surface area contributed by atoms with Crippen molar-refractivity contribution in [2.45, 2.75) is 0 Å². The highest BCUT2D eigenvalue weighted by atomic mass is 35.5. The first-order chi connectivity index (χ1) is 10.2. The van der Waals surface area contributed by atoms with Crippen LogP contribution in [0.15, 0.2) is 59.8 Å². The van der Waals surface area contributed by atoms with E-state index in [4.69, 9.17) is 11.6 Å². The molecule has 3 aromatic rings.